The number of thiazole rings is 1. The minimum atomic E-state index is -3.84. The summed E-state index contributed by atoms with van der Waals surface area (Å²) >= 11 is 1.31. The lowest BCUT2D eigenvalue weighted by Crippen LogP contribution is -2.18. The topological polar surface area (TPSA) is 88.2 Å². The first-order valence-electron chi connectivity index (χ1n) is 10.4. The van der Waals surface area contributed by atoms with Crippen molar-refractivity contribution in [2.45, 2.75) is 4.90 Å². The van der Waals surface area contributed by atoms with E-state index in [0.717, 1.165) is 22.0 Å². The Labute approximate surface area is 201 Å². The molecule has 0 aliphatic carbocycles. The van der Waals surface area contributed by atoms with Crippen LogP contribution in [0.3, 0.4) is 0 Å². The summed E-state index contributed by atoms with van der Waals surface area (Å²) in [5.41, 5.74) is 2.12. The van der Waals surface area contributed by atoms with Gasteiger partial charge in [-0.05, 0) is 35.0 Å². The Kier molecular flexibility index (Phi) is 5.83. The van der Waals surface area contributed by atoms with Crippen molar-refractivity contribution in [3.63, 3.8) is 0 Å². The first-order chi connectivity index (χ1) is 16.5. The van der Waals surface area contributed by atoms with E-state index >= 15 is 0 Å². The van der Waals surface area contributed by atoms with E-state index in [-0.39, 0.29) is 16.1 Å². The van der Waals surface area contributed by atoms with Gasteiger partial charge in [0.2, 0.25) is 0 Å². The predicted molar refractivity (Wildman–Crippen MR) is 137 cm³/mol. The zero-order valence-corrected chi connectivity index (χ0v) is 19.4. The molecule has 1 heterocycles. The number of carbonyl (C=O) groups is 1. The van der Waals surface area contributed by atoms with Crippen molar-refractivity contribution >= 4 is 48.9 Å². The normalized spacial score (nSPS) is 11.3. The molecule has 1 aromatic heterocycles. The Morgan fingerprint density at radius 2 is 1.50 bits per heavy atom. The number of fused-ring (bicyclic) bond motifs is 1. The van der Waals surface area contributed by atoms with E-state index in [1.807, 2.05) is 47.8 Å². The summed E-state index contributed by atoms with van der Waals surface area (Å²) in [6.45, 7) is 0. The van der Waals surface area contributed by atoms with Crippen LogP contribution in [-0.2, 0) is 10.0 Å². The molecule has 0 aliphatic rings. The van der Waals surface area contributed by atoms with Crippen LogP contribution in [0.1, 0.15) is 10.4 Å². The Balaban J connectivity index is 1.40. The minimum absolute atomic E-state index is 0.116. The maximum absolute atomic E-state index is 13.0. The van der Waals surface area contributed by atoms with Crippen LogP contribution in [0.5, 0.6) is 0 Å². The third-order valence-electron chi connectivity index (χ3n) is 5.26. The van der Waals surface area contributed by atoms with Gasteiger partial charge in [0.15, 0.2) is 5.13 Å². The van der Waals surface area contributed by atoms with Gasteiger partial charge < -0.3 is 0 Å². The highest BCUT2D eigenvalue weighted by Gasteiger charge is 2.19. The average molecular weight is 486 g/mol. The van der Waals surface area contributed by atoms with Crippen molar-refractivity contribution in [1.29, 1.82) is 0 Å². The number of hydrogen-bond acceptors (Lipinski definition) is 5. The molecule has 5 rings (SSSR count). The van der Waals surface area contributed by atoms with Crippen LogP contribution in [0.15, 0.2) is 107 Å². The number of nitrogens with zero attached hydrogens (tertiary/aromatic N) is 1. The molecule has 0 saturated carbocycles. The minimum Gasteiger partial charge on any atom is -0.298 e. The van der Waals surface area contributed by atoms with Crippen molar-refractivity contribution in [2.75, 3.05) is 10.0 Å². The SMILES string of the molecule is O=C(Nc1nc(-c2cccc3ccccc23)cs1)c1ccccc1NS(=O)(=O)c1ccccc1. The van der Waals surface area contributed by atoms with Crippen LogP contribution in [-0.4, -0.2) is 19.3 Å². The zero-order chi connectivity index (χ0) is 23.5. The lowest BCUT2D eigenvalue weighted by atomic mass is 10.0. The van der Waals surface area contributed by atoms with E-state index in [1.54, 1.807) is 42.5 Å². The molecule has 2 N–H and O–H groups in total. The second-order valence-electron chi connectivity index (χ2n) is 7.48. The number of para-hydroxylation sites is 1. The van der Waals surface area contributed by atoms with Gasteiger partial charge >= 0.3 is 0 Å². The Morgan fingerprint density at radius 1 is 0.794 bits per heavy atom. The maximum Gasteiger partial charge on any atom is 0.261 e. The number of nitrogens with one attached hydrogen (secondary N) is 2. The van der Waals surface area contributed by atoms with Crippen molar-refractivity contribution in [3.05, 3.63) is 108 Å². The largest absolute Gasteiger partial charge is 0.298 e. The van der Waals surface area contributed by atoms with Gasteiger partial charge in [0, 0.05) is 10.9 Å². The van der Waals surface area contributed by atoms with Gasteiger partial charge in [-0.25, -0.2) is 13.4 Å². The van der Waals surface area contributed by atoms with E-state index in [4.69, 9.17) is 0 Å². The van der Waals surface area contributed by atoms with Gasteiger partial charge in [0.1, 0.15) is 0 Å². The van der Waals surface area contributed by atoms with Crippen molar-refractivity contribution in [2.24, 2.45) is 0 Å². The third-order valence-corrected chi connectivity index (χ3v) is 7.40. The Bertz CT molecular complexity index is 1590. The fourth-order valence-corrected chi connectivity index (χ4v) is 5.45. The Morgan fingerprint density at radius 3 is 2.35 bits per heavy atom. The second kappa shape index (κ2) is 9.09. The van der Waals surface area contributed by atoms with Gasteiger partial charge in [-0.3, -0.25) is 14.8 Å². The molecule has 5 aromatic rings. The smallest absolute Gasteiger partial charge is 0.261 e. The van der Waals surface area contributed by atoms with E-state index in [9.17, 15) is 13.2 Å². The standard InChI is InChI=1S/C26H19N3O3S2/c30-25(22-14-6-7-16-23(22)29-34(31,32)19-11-2-1-3-12-19)28-26-27-24(17-33-26)21-15-8-10-18-9-4-5-13-20(18)21/h1-17,29H,(H,27,28,30). The number of hydrogen-bond donors (Lipinski definition) is 2. The molecule has 0 saturated heterocycles. The number of rotatable bonds is 6. The molecule has 34 heavy (non-hydrogen) atoms. The highest BCUT2D eigenvalue weighted by molar-refractivity contribution is 7.92. The number of sulfonamides is 1. The number of amides is 1. The Hall–Kier alpha value is -4.01. The molecule has 8 heteroatoms. The molecule has 1 amide bonds. The van der Waals surface area contributed by atoms with Crippen LogP contribution in [0.2, 0.25) is 0 Å². The lowest BCUT2D eigenvalue weighted by Gasteiger charge is -2.12. The van der Waals surface area contributed by atoms with E-state index in [2.05, 4.69) is 15.0 Å². The van der Waals surface area contributed by atoms with Gasteiger partial charge in [0.05, 0.1) is 21.8 Å². The van der Waals surface area contributed by atoms with Crippen LogP contribution < -0.4 is 10.0 Å². The van der Waals surface area contributed by atoms with E-state index in [1.165, 1.54) is 23.5 Å². The third kappa shape index (κ3) is 4.41. The molecular weight excluding hydrogens is 466 g/mol. The molecule has 0 radical (unpaired) electrons. The van der Waals surface area contributed by atoms with Crippen molar-refractivity contribution in [1.82, 2.24) is 4.98 Å². The molecule has 4 aromatic carbocycles. The van der Waals surface area contributed by atoms with Crippen LogP contribution in [0.4, 0.5) is 10.8 Å². The molecule has 0 aliphatic heterocycles. The molecule has 0 atom stereocenters. The van der Waals surface area contributed by atoms with Crippen molar-refractivity contribution in [3.8, 4) is 11.3 Å². The number of anilines is 2. The van der Waals surface area contributed by atoms with E-state index in [0.29, 0.717) is 5.13 Å². The van der Waals surface area contributed by atoms with Crippen LogP contribution in [0.25, 0.3) is 22.0 Å². The van der Waals surface area contributed by atoms with Crippen molar-refractivity contribution < 1.29 is 13.2 Å². The van der Waals surface area contributed by atoms with Gasteiger partial charge in [-0.1, -0.05) is 72.8 Å². The number of carbonyl (C=O) groups excluding carboxylic acids is 1. The van der Waals surface area contributed by atoms with Crippen LogP contribution >= 0.6 is 11.3 Å². The summed E-state index contributed by atoms with van der Waals surface area (Å²) in [5.74, 6) is -0.454. The zero-order valence-electron chi connectivity index (χ0n) is 17.8. The summed E-state index contributed by atoms with van der Waals surface area (Å²) in [5, 5.41) is 7.30. The molecule has 0 unspecified atom stereocenters. The molecule has 6 nitrogen and oxygen atoms in total. The van der Waals surface area contributed by atoms with Gasteiger partial charge in [0.25, 0.3) is 15.9 Å². The van der Waals surface area contributed by atoms with Gasteiger partial charge in [-0.15, -0.1) is 11.3 Å². The number of aromatic nitrogens is 1. The first kappa shape index (κ1) is 21.8. The summed E-state index contributed by atoms with van der Waals surface area (Å²) in [7, 11) is -3.84. The highest BCUT2D eigenvalue weighted by atomic mass is 32.2. The lowest BCUT2D eigenvalue weighted by molar-refractivity contribution is 0.102. The maximum atomic E-state index is 13.0. The quantitative estimate of drug-likeness (QED) is 0.308. The fraction of sp³-hybridized carbons (Fsp3) is 0. The molecule has 0 fully saturated rings. The molecule has 168 valence electrons. The second-order valence-corrected chi connectivity index (χ2v) is 10.0. The van der Waals surface area contributed by atoms with Gasteiger partial charge in [-0.2, -0.15) is 0 Å². The fourth-order valence-electron chi connectivity index (χ4n) is 3.64. The predicted octanol–water partition coefficient (Wildman–Crippen LogP) is 6.02. The van der Waals surface area contributed by atoms with Crippen LogP contribution in [0, 0.1) is 0 Å². The highest BCUT2D eigenvalue weighted by Crippen LogP contribution is 2.31. The molecule has 0 spiro atoms. The number of benzene rings is 4. The summed E-state index contributed by atoms with van der Waals surface area (Å²) < 4.78 is 28.0. The monoisotopic (exact) mass is 485 g/mol. The summed E-state index contributed by atoms with van der Waals surface area (Å²) in [4.78, 5) is 17.7. The molecular formula is C26H19N3O3S2. The van der Waals surface area contributed by atoms with E-state index < -0.39 is 15.9 Å². The molecule has 0 bridgehead atoms. The summed E-state index contributed by atoms with van der Waals surface area (Å²) in [6, 6.07) is 28.5. The summed E-state index contributed by atoms with van der Waals surface area (Å²) in [6.07, 6.45) is 0. The average Bonchev–Trinajstić information content (AvgIpc) is 3.32. The first-order valence-corrected chi connectivity index (χ1v) is 12.8.